The van der Waals surface area contributed by atoms with Gasteiger partial charge < -0.3 is 4.90 Å². The molecule has 2 aromatic carbocycles. The summed E-state index contributed by atoms with van der Waals surface area (Å²) in [6.07, 6.45) is 0. The highest BCUT2D eigenvalue weighted by Gasteiger charge is 2.48. The van der Waals surface area contributed by atoms with Gasteiger partial charge in [0.2, 0.25) is 5.91 Å². The molecule has 0 bridgehead atoms. The van der Waals surface area contributed by atoms with Gasteiger partial charge in [-0.2, -0.15) is 0 Å². The van der Waals surface area contributed by atoms with Gasteiger partial charge in [-0.3, -0.25) is 9.69 Å². The van der Waals surface area contributed by atoms with E-state index >= 15 is 0 Å². The Morgan fingerprint density at radius 3 is 1.96 bits per heavy atom. The lowest BCUT2D eigenvalue weighted by Crippen LogP contribution is -2.60. The molecular formula is C21H24N2O3S. The Morgan fingerprint density at radius 1 is 0.889 bits per heavy atom. The predicted molar refractivity (Wildman–Crippen MR) is 105 cm³/mol. The first-order valence-corrected chi connectivity index (χ1v) is 11.1. The smallest absolute Gasteiger partial charge is 0.234 e. The first-order chi connectivity index (χ1) is 13.0. The molecule has 2 aliphatic rings. The number of hydrogen-bond acceptors (Lipinski definition) is 4. The van der Waals surface area contributed by atoms with Crippen LogP contribution in [0.2, 0.25) is 0 Å². The van der Waals surface area contributed by atoms with Crippen LogP contribution in [0.4, 0.5) is 0 Å². The summed E-state index contributed by atoms with van der Waals surface area (Å²) < 4.78 is 24.5. The Bertz CT molecular complexity index is 875. The molecular weight excluding hydrogens is 360 g/mol. The van der Waals surface area contributed by atoms with Crippen LogP contribution in [0.25, 0.3) is 0 Å². The summed E-state index contributed by atoms with van der Waals surface area (Å²) in [7, 11) is -1.17. The van der Waals surface area contributed by atoms with Gasteiger partial charge in [0.15, 0.2) is 9.84 Å². The molecule has 27 heavy (non-hydrogen) atoms. The van der Waals surface area contributed by atoms with Gasteiger partial charge in [0.05, 0.1) is 23.5 Å². The number of likely N-dealkylation sites (N-methyl/N-ethyl adjacent to an activating group) is 1. The van der Waals surface area contributed by atoms with Crippen LogP contribution in [0.15, 0.2) is 60.7 Å². The largest absolute Gasteiger partial charge is 0.335 e. The fraction of sp³-hybridized carbons (Fsp3) is 0.381. The minimum atomic E-state index is -3.12. The number of amides is 1. The maximum absolute atomic E-state index is 13.7. The minimum absolute atomic E-state index is 0.00685. The fourth-order valence-corrected chi connectivity index (χ4v) is 6.39. The fourth-order valence-electron chi connectivity index (χ4n) is 4.33. The molecule has 0 spiro atoms. The Hall–Kier alpha value is -2.18. The molecule has 6 heteroatoms. The summed E-state index contributed by atoms with van der Waals surface area (Å²) in [6.45, 7) is 1.25. The first kappa shape index (κ1) is 18.2. The zero-order chi connectivity index (χ0) is 19.0. The molecule has 0 radical (unpaired) electrons. The molecule has 2 heterocycles. The van der Waals surface area contributed by atoms with E-state index in [0.717, 1.165) is 11.1 Å². The number of rotatable bonds is 3. The predicted octanol–water partition coefficient (Wildman–Crippen LogP) is 1.76. The van der Waals surface area contributed by atoms with Crippen molar-refractivity contribution in [1.82, 2.24) is 9.80 Å². The summed E-state index contributed by atoms with van der Waals surface area (Å²) >= 11 is 0. The molecule has 4 rings (SSSR count). The third kappa shape index (κ3) is 3.51. The molecule has 2 saturated heterocycles. The van der Waals surface area contributed by atoms with Gasteiger partial charge in [0.1, 0.15) is 0 Å². The second kappa shape index (κ2) is 7.09. The molecule has 0 aliphatic carbocycles. The van der Waals surface area contributed by atoms with Crippen LogP contribution in [0, 0.1) is 0 Å². The molecule has 2 aliphatic heterocycles. The van der Waals surface area contributed by atoms with Gasteiger partial charge in [-0.15, -0.1) is 0 Å². The van der Waals surface area contributed by atoms with E-state index in [1.807, 2.05) is 72.6 Å². The normalized spacial score (nSPS) is 24.7. The lowest BCUT2D eigenvalue weighted by Gasteiger charge is -2.43. The van der Waals surface area contributed by atoms with Gasteiger partial charge in [-0.05, 0) is 18.2 Å². The van der Waals surface area contributed by atoms with Crippen molar-refractivity contribution in [3.63, 3.8) is 0 Å². The summed E-state index contributed by atoms with van der Waals surface area (Å²) in [6, 6.07) is 19.1. The first-order valence-electron chi connectivity index (χ1n) is 9.27. The van der Waals surface area contributed by atoms with E-state index < -0.39 is 15.8 Å². The monoisotopic (exact) mass is 384 g/mol. The second-order valence-corrected chi connectivity index (χ2v) is 9.63. The Morgan fingerprint density at radius 2 is 1.41 bits per heavy atom. The number of benzene rings is 2. The summed E-state index contributed by atoms with van der Waals surface area (Å²) in [5, 5.41) is 0. The highest BCUT2D eigenvalue weighted by atomic mass is 32.2. The number of carbonyl (C=O) groups excluding carboxylic acids is 1. The number of piperazine rings is 1. The average Bonchev–Trinajstić information content (AvgIpc) is 3.00. The lowest BCUT2D eigenvalue weighted by molar-refractivity contribution is -0.137. The van der Waals surface area contributed by atoms with Crippen LogP contribution < -0.4 is 0 Å². The van der Waals surface area contributed by atoms with Crippen LogP contribution in [0.3, 0.4) is 0 Å². The Labute approximate surface area is 160 Å². The van der Waals surface area contributed by atoms with E-state index in [1.54, 1.807) is 0 Å². The Kier molecular flexibility index (Phi) is 4.78. The minimum Gasteiger partial charge on any atom is -0.335 e. The van der Waals surface area contributed by atoms with Crippen LogP contribution in [-0.4, -0.2) is 67.9 Å². The molecule has 1 amide bonds. The van der Waals surface area contributed by atoms with Crippen molar-refractivity contribution in [2.75, 3.05) is 31.6 Å². The zero-order valence-corrected chi connectivity index (χ0v) is 16.2. The third-order valence-electron chi connectivity index (χ3n) is 5.75. The van der Waals surface area contributed by atoms with Crippen molar-refractivity contribution in [2.24, 2.45) is 0 Å². The number of nitrogens with zero attached hydrogens (tertiary/aromatic N) is 2. The number of fused-ring (bicyclic) bond motifs is 1. The molecule has 2 atom stereocenters. The zero-order valence-electron chi connectivity index (χ0n) is 15.4. The standard InChI is InChI=1S/C21H24N2O3S/c1-22-12-13-23(19-15-27(25,26)14-18(19)22)21(24)20(16-8-4-2-5-9-16)17-10-6-3-7-11-17/h2-11,18-20H,12-15H2,1H3/t18-,19+/m0/s1. The highest BCUT2D eigenvalue weighted by Crippen LogP contribution is 2.32. The van der Waals surface area contributed by atoms with Crippen LogP contribution >= 0.6 is 0 Å². The van der Waals surface area contributed by atoms with E-state index in [2.05, 4.69) is 4.90 Å². The van der Waals surface area contributed by atoms with Crippen LogP contribution in [0.1, 0.15) is 17.0 Å². The van der Waals surface area contributed by atoms with Crippen molar-refractivity contribution < 1.29 is 13.2 Å². The van der Waals surface area contributed by atoms with E-state index in [1.165, 1.54) is 0 Å². The number of sulfone groups is 1. The highest BCUT2D eigenvalue weighted by molar-refractivity contribution is 7.91. The maximum Gasteiger partial charge on any atom is 0.234 e. The molecule has 2 fully saturated rings. The second-order valence-electron chi connectivity index (χ2n) is 7.48. The van der Waals surface area contributed by atoms with Gasteiger partial charge in [-0.25, -0.2) is 8.42 Å². The molecule has 0 unspecified atom stereocenters. The van der Waals surface area contributed by atoms with Crippen LogP contribution in [-0.2, 0) is 14.6 Å². The summed E-state index contributed by atoms with van der Waals surface area (Å²) in [5.41, 5.74) is 1.87. The molecule has 0 aromatic heterocycles. The van der Waals surface area contributed by atoms with Crippen molar-refractivity contribution in [3.8, 4) is 0 Å². The quantitative estimate of drug-likeness (QED) is 0.809. The molecule has 0 saturated carbocycles. The average molecular weight is 385 g/mol. The Balaban J connectivity index is 1.72. The molecule has 2 aromatic rings. The maximum atomic E-state index is 13.7. The van der Waals surface area contributed by atoms with E-state index in [9.17, 15) is 13.2 Å². The summed E-state index contributed by atoms with van der Waals surface area (Å²) in [4.78, 5) is 17.6. The number of hydrogen-bond donors (Lipinski definition) is 0. The number of carbonyl (C=O) groups is 1. The van der Waals surface area contributed by atoms with E-state index in [-0.39, 0.29) is 29.5 Å². The van der Waals surface area contributed by atoms with Gasteiger partial charge in [0.25, 0.3) is 0 Å². The van der Waals surface area contributed by atoms with E-state index in [4.69, 9.17) is 0 Å². The van der Waals surface area contributed by atoms with Crippen molar-refractivity contribution >= 4 is 15.7 Å². The molecule has 5 nitrogen and oxygen atoms in total. The SMILES string of the molecule is CN1CCN(C(=O)C(c2ccccc2)c2ccccc2)[C@@H]2CS(=O)(=O)C[C@@H]21. The summed E-state index contributed by atoms with van der Waals surface area (Å²) in [5.74, 6) is -0.226. The molecule has 142 valence electrons. The van der Waals surface area contributed by atoms with Crippen molar-refractivity contribution in [2.45, 2.75) is 18.0 Å². The van der Waals surface area contributed by atoms with Crippen molar-refractivity contribution in [1.29, 1.82) is 0 Å². The van der Waals surface area contributed by atoms with Gasteiger partial charge in [0, 0.05) is 19.1 Å². The molecule has 0 N–H and O–H groups in total. The van der Waals surface area contributed by atoms with E-state index in [0.29, 0.717) is 13.1 Å². The van der Waals surface area contributed by atoms with Gasteiger partial charge in [-0.1, -0.05) is 60.7 Å². The lowest BCUT2D eigenvalue weighted by atomic mass is 9.89. The van der Waals surface area contributed by atoms with Gasteiger partial charge >= 0.3 is 0 Å². The topological polar surface area (TPSA) is 57.7 Å². The van der Waals surface area contributed by atoms with Crippen LogP contribution in [0.5, 0.6) is 0 Å². The third-order valence-corrected chi connectivity index (χ3v) is 7.45. The van der Waals surface area contributed by atoms with Crippen molar-refractivity contribution in [3.05, 3.63) is 71.8 Å².